The molecule has 152 valence electrons. The zero-order valence-electron chi connectivity index (χ0n) is 17.3. The Morgan fingerprint density at radius 2 is 1.79 bits per heavy atom. The summed E-state index contributed by atoms with van der Waals surface area (Å²) in [5, 5.41) is 5.74. The Kier molecular flexibility index (Phi) is 6.16. The van der Waals surface area contributed by atoms with E-state index in [9.17, 15) is 9.59 Å². The molecule has 3 aromatic rings. The van der Waals surface area contributed by atoms with E-state index in [1.54, 1.807) is 22.7 Å². The second kappa shape index (κ2) is 8.77. The van der Waals surface area contributed by atoms with Crippen molar-refractivity contribution in [3.63, 3.8) is 0 Å². The summed E-state index contributed by atoms with van der Waals surface area (Å²) in [6.45, 7) is 4.78. The topological polar surface area (TPSA) is 78.7 Å². The second-order valence-electron chi connectivity index (χ2n) is 7.57. The van der Waals surface area contributed by atoms with Gasteiger partial charge in [-0.2, -0.15) is 0 Å². The van der Waals surface area contributed by atoms with E-state index in [1.807, 2.05) is 49.3 Å². The van der Waals surface area contributed by atoms with Gasteiger partial charge < -0.3 is 15.5 Å². The molecule has 0 radical (unpaired) electrons. The normalized spacial score (nSPS) is 10.9. The summed E-state index contributed by atoms with van der Waals surface area (Å²) in [5.41, 5.74) is 2.55. The van der Waals surface area contributed by atoms with Crippen LogP contribution in [-0.2, 0) is 0 Å². The molecule has 1 aromatic carbocycles. The van der Waals surface area contributed by atoms with E-state index in [1.165, 1.54) is 0 Å². The third-order valence-corrected chi connectivity index (χ3v) is 4.62. The Morgan fingerprint density at radius 3 is 2.45 bits per heavy atom. The van der Waals surface area contributed by atoms with Gasteiger partial charge in [0.2, 0.25) is 5.82 Å². The lowest BCUT2D eigenvalue weighted by Gasteiger charge is -2.12. The molecule has 0 bridgehead atoms. The monoisotopic (exact) mass is 393 g/mol. The molecule has 0 saturated heterocycles. The van der Waals surface area contributed by atoms with Gasteiger partial charge in [0.1, 0.15) is 0 Å². The Balaban J connectivity index is 1.83. The van der Waals surface area contributed by atoms with E-state index in [0.717, 1.165) is 12.1 Å². The Morgan fingerprint density at radius 1 is 1.07 bits per heavy atom. The van der Waals surface area contributed by atoms with Crippen molar-refractivity contribution in [2.45, 2.75) is 20.3 Å². The van der Waals surface area contributed by atoms with Crippen molar-refractivity contribution in [1.82, 2.24) is 14.7 Å². The highest BCUT2D eigenvalue weighted by molar-refractivity contribution is 6.06. The van der Waals surface area contributed by atoms with Crippen LogP contribution in [0.1, 0.15) is 41.4 Å². The quantitative estimate of drug-likeness (QED) is 0.645. The maximum atomic E-state index is 12.8. The SMILES string of the molecule is CC(C)CCNC(=O)c1nc(C(=O)Nc2ccc(N(C)C)cc2)n2ccccc12. The number of fused-ring (bicyclic) bond motifs is 1. The lowest BCUT2D eigenvalue weighted by molar-refractivity contribution is 0.0949. The van der Waals surface area contributed by atoms with Gasteiger partial charge in [-0.25, -0.2) is 4.98 Å². The molecule has 2 heterocycles. The molecular weight excluding hydrogens is 366 g/mol. The predicted molar refractivity (Wildman–Crippen MR) is 116 cm³/mol. The number of rotatable bonds is 7. The molecule has 0 spiro atoms. The van der Waals surface area contributed by atoms with Gasteiger partial charge in [-0.3, -0.25) is 14.0 Å². The molecule has 0 aliphatic rings. The van der Waals surface area contributed by atoms with Gasteiger partial charge in [-0.1, -0.05) is 19.9 Å². The van der Waals surface area contributed by atoms with E-state index >= 15 is 0 Å². The lowest BCUT2D eigenvalue weighted by atomic mass is 10.1. The van der Waals surface area contributed by atoms with Crippen LogP contribution >= 0.6 is 0 Å². The molecule has 2 aromatic heterocycles. The number of nitrogens with one attached hydrogen (secondary N) is 2. The van der Waals surface area contributed by atoms with Crippen molar-refractivity contribution in [3.8, 4) is 0 Å². The molecule has 2 N–H and O–H groups in total. The average Bonchev–Trinajstić information content (AvgIpc) is 3.08. The molecule has 29 heavy (non-hydrogen) atoms. The molecule has 0 unspecified atom stereocenters. The first-order valence-corrected chi connectivity index (χ1v) is 9.71. The Bertz CT molecular complexity index is 1010. The Labute approximate surface area is 170 Å². The van der Waals surface area contributed by atoms with E-state index < -0.39 is 0 Å². The molecule has 0 atom stereocenters. The van der Waals surface area contributed by atoms with Crippen LogP contribution in [0.3, 0.4) is 0 Å². The van der Waals surface area contributed by atoms with Gasteiger partial charge in [0, 0.05) is 38.2 Å². The first kappa shape index (κ1) is 20.4. The third kappa shape index (κ3) is 4.74. The van der Waals surface area contributed by atoms with Crippen molar-refractivity contribution in [2.24, 2.45) is 5.92 Å². The van der Waals surface area contributed by atoms with Crippen LogP contribution in [0.15, 0.2) is 48.7 Å². The highest BCUT2D eigenvalue weighted by Gasteiger charge is 2.21. The summed E-state index contributed by atoms with van der Waals surface area (Å²) in [5.74, 6) is 0.0225. The maximum Gasteiger partial charge on any atom is 0.292 e. The highest BCUT2D eigenvalue weighted by atomic mass is 16.2. The van der Waals surface area contributed by atoms with Crippen LogP contribution < -0.4 is 15.5 Å². The van der Waals surface area contributed by atoms with Crippen molar-refractivity contribution >= 4 is 28.7 Å². The van der Waals surface area contributed by atoms with E-state index in [-0.39, 0.29) is 23.3 Å². The van der Waals surface area contributed by atoms with Gasteiger partial charge in [-0.05, 0) is 48.7 Å². The smallest absolute Gasteiger partial charge is 0.292 e. The lowest BCUT2D eigenvalue weighted by Crippen LogP contribution is -2.26. The molecule has 2 amide bonds. The number of anilines is 2. The molecular formula is C22H27N5O2. The van der Waals surface area contributed by atoms with Crippen molar-refractivity contribution in [3.05, 3.63) is 60.2 Å². The number of carbonyl (C=O) groups is 2. The summed E-state index contributed by atoms with van der Waals surface area (Å²) in [6, 6.07) is 12.9. The maximum absolute atomic E-state index is 12.8. The molecule has 3 rings (SSSR count). The Hall–Kier alpha value is -3.35. The minimum absolute atomic E-state index is 0.172. The average molecular weight is 393 g/mol. The molecule has 7 heteroatoms. The van der Waals surface area contributed by atoms with Gasteiger partial charge in [-0.15, -0.1) is 0 Å². The van der Waals surface area contributed by atoms with E-state index in [2.05, 4.69) is 29.5 Å². The van der Waals surface area contributed by atoms with Crippen LogP contribution in [0.2, 0.25) is 0 Å². The number of nitrogens with zero attached hydrogens (tertiary/aromatic N) is 3. The summed E-state index contributed by atoms with van der Waals surface area (Å²) in [7, 11) is 3.91. The summed E-state index contributed by atoms with van der Waals surface area (Å²) in [6.07, 6.45) is 2.62. The third-order valence-electron chi connectivity index (χ3n) is 4.62. The van der Waals surface area contributed by atoms with Crippen LogP contribution in [0.4, 0.5) is 11.4 Å². The van der Waals surface area contributed by atoms with Crippen LogP contribution in [0, 0.1) is 5.92 Å². The van der Waals surface area contributed by atoms with Crippen molar-refractivity contribution in [1.29, 1.82) is 0 Å². The fourth-order valence-electron chi connectivity index (χ4n) is 2.95. The number of imidazole rings is 1. The number of hydrogen-bond acceptors (Lipinski definition) is 4. The van der Waals surface area contributed by atoms with Crippen molar-refractivity contribution in [2.75, 3.05) is 30.9 Å². The minimum atomic E-state index is -0.370. The predicted octanol–water partition coefficient (Wildman–Crippen LogP) is 3.43. The van der Waals surface area contributed by atoms with Crippen LogP contribution in [0.25, 0.3) is 5.52 Å². The van der Waals surface area contributed by atoms with Crippen LogP contribution in [0.5, 0.6) is 0 Å². The highest BCUT2D eigenvalue weighted by Crippen LogP contribution is 2.18. The second-order valence-corrected chi connectivity index (χ2v) is 7.57. The van der Waals surface area contributed by atoms with Crippen LogP contribution in [-0.4, -0.2) is 41.8 Å². The number of hydrogen-bond donors (Lipinski definition) is 2. The molecule has 0 aliphatic heterocycles. The molecule has 7 nitrogen and oxygen atoms in total. The fraction of sp³-hybridized carbons (Fsp3) is 0.318. The van der Waals surface area contributed by atoms with E-state index in [4.69, 9.17) is 0 Å². The minimum Gasteiger partial charge on any atom is -0.378 e. The zero-order valence-corrected chi connectivity index (χ0v) is 17.3. The first-order valence-electron chi connectivity index (χ1n) is 9.71. The standard InChI is InChI=1S/C22H27N5O2/c1-15(2)12-13-23-21(28)19-18-7-5-6-14-27(18)20(25-19)22(29)24-16-8-10-17(11-9-16)26(3)4/h5-11,14-15H,12-13H2,1-4H3,(H,23,28)(H,24,29). The van der Waals surface area contributed by atoms with Gasteiger partial charge in [0.25, 0.3) is 11.8 Å². The number of pyridine rings is 1. The molecule has 0 aliphatic carbocycles. The number of benzene rings is 1. The zero-order chi connectivity index (χ0) is 21.0. The summed E-state index contributed by atoms with van der Waals surface area (Å²) < 4.78 is 1.64. The molecule has 0 saturated carbocycles. The first-order chi connectivity index (χ1) is 13.9. The van der Waals surface area contributed by atoms with Gasteiger partial charge in [0.15, 0.2) is 5.69 Å². The number of amides is 2. The largest absolute Gasteiger partial charge is 0.378 e. The molecule has 0 fully saturated rings. The van der Waals surface area contributed by atoms with Gasteiger partial charge in [0.05, 0.1) is 5.52 Å². The summed E-state index contributed by atoms with van der Waals surface area (Å²) >= 11 is 0. The number of aromatic nitrogens is 2. The number of carbonyl (C=O) groups excluding carboxylic acids is 2. The van der Waals surface area contributed by atoms with Crippen molar-refractivity contribution < 1.29 is 9.59 Å². The van der Waals surface area contributed by atoms with E-state index in [0.29, 0.717) is 23.7 Å². The fourth-order valence-corrected chi connectivity index (χ4v) is 2.95. The summed E-state index contributed by atoms with van der Waals surface area (Å²) in [4.78, 5) is 31.8. The van der Waals surface area contributed by atoms with Gasteiger partial charge >= 0.3 is 0 Å².